The third kappa shape index (κ3) is 5.08. The summed E-state index contributed by atoms with van der Waals surface area (Å²) in [6.07, 6.45) is -2.13. The molecule has 1 heterocycles. The first-order valence-corrected chi connectivity index (χ1v) is 9.09. The zero-order chi connectivity index (χ0) is 18.6. The van der Waals surface area contributed by atoms with Gasteiger partial charge >= 0.3 is 6.18 Å². The summed E-state index contributed by atoms with van der Waals surface area (Å²) in [6, 6.07) is 13.5. The lowest BCUT2D eigenvalue weighted by Gasteiger charge is -2.32. The second kappa shape index (κ2) is 8.23. The van der Waals surface area contributed by atoms with Gasteiger partial charge in [0.2, 0.25) is 0 Å². The Morgan fingerprint density at radius 2 is 1.35 bits per heavy atom. The van der Waals surface area contributed by atoms with Crippen LogP contribution >= 0.6 is 0 Å². The van der Waals surface area contributed by atoms with E-state index in [0.29, 0.717) is 0 Å². The van der Waals surface area contributed by atoms with Crippen LogP contribution in [0.3, 0.4) is 0 Å². The van der Waals surface area contributed by atoms with E-state index in [1.807, 2.05) is 12.1 Å². The van der Waals surface area contributed by atoms with Crippen LogP contribution in [0.15, 0.2) is 48.5 Å². The molecule has 0 atom stereocenters. The first-order chi connectivity index (χ1) is 12.4. The Kier molecular flexibility index (Phi) is 5.99. The van der Waals surface area contributed by atoms with Crippen LogP contribution in [0.1, 0.15) is 17.5 Å². The van der Waals surface area contributed by atoms with E-state index in [4.69, 9.17) is 0 Å². The maximum absolute atomic E-state index is 12.6. The van der Waals surface area contributed by atoms with Crippen LogP contribution in [0, 0.1) is 0 Å². The maximum atomic E-state index is 12.6. The van der Waals surface area contributed by atoms with Crippen molar-refractivity contribution in [2.45, 2.75) is 19.0 Å². The van der Waals surface area contributed by atoms with Crippen LogP contribution in [0.25, 0.3) is 11.1 Å². The molecule has 1 fully saturated rings. The van der Waals surface area contributed by atoms with Crippen LogP contribution in [-0.4, -0.2) is 49.6 Å². The molecular weight excluding hydrogens is 337 g/mol. The third-order valence-corrected chi connectivity index (χ3v) is 5.04. The number of hydrogen-bond donors (Lipinski definition) is 0. The lowest BCUT2D eigenvalue weighted by Crippen LogP contribution is -2.44. The number of likely N-dealkylation sites (N-methyl/N-ethyl adjacent to an activating group) is 1. The minimum Gasteiger partial charge on any atom is -0.304 e. The van der Waals surface area contributed by atoms with Gasteiger partial charge in [-0.2, -0.15) is 13.2 Å². The van der Waals surface area contributed by atoms with E-state index in [2.05, 4.69) is 29.0 Å². The average Bonchev–Trinajstić information content (AvgIpc) is 2.63. The highest BCUT2D eigenvalue weighted by Gasteiger charge is 2.29. The molecular formula is C21H25F3N2. The molecule has 0 aromatic heterocycles. The molecule has 1 aliphatic rings. The topological polar surface area (TPSA) is 6.48 Å². The molecule has 0 amide bonds. The van der Waals surface area contributed by atoms with Gasteiger partial charge in [0.15, 0.2) is 0 Å². The van der Waals surface area contributed by atoms with Crippen molar-refractivity contribution >= 4 is 0 Å². The molecule has 140 valence electrons. The Morgan fingerprint density at radius 1 is 0.808 bits per heavy atom. The summed E-state index contributed by atoms with van der Waals surface area (Å²) < 4.78 is 37.9. The van der Waals surface area contributed by atoms with Crippen LogP contribution in [-0.2, 0) is 12.6 Å². The van der Waals surface area contributed by atoms with E-state index in [1.54, 1.807) is 0 Å². The van der Waals surface area contributed by atoms with Crippen molar-refractivity contribution in [3.63, 3.8) is 0 Å². The molecule has 0 radical (unpaired) electrons. The lowest BCUT2D eigenvalue weighted by atomic mass is 10.0. The number of benzene rings is 2. The number of hydrogen-bond acceptors (Lipinski definition) is 2. The summed E-state index contributed by atoms with van der Waals surface area (Å²) in [7, 11) is 2.16. The molecule has 0 N–H and O–H groups in total. The zero-order valence-corrected chi connectivity index (χ0v) is 15.1. The Balaban J connectivity index is 1.52. The Labute approximate surface area is 153 Å². The standard InChI is InChI=1S/C21H25F3N2/c1-25-13-15-26(16-14-25)12-2-3-17-4-6-18(7-5-17)19-8-10-20(11-9-19)21(22,23)24/h4-11H,2-3,12-16H2,1H3. The maximum Gasteiger partial charge on any atom is 0.416 e. The molecule has 26 heavy (non-hydrogen) atoms. The first kappa shape index (κ1) is 18.9. The fourth-order valence-electron chi connectivity index (χ4n) is 3.29. The van der Waals surface area contributed by atoms with Crippen LogP contribution in [0.5, 0.6) is 0 Å². The highest BCUT2D eigenvalue weighted by atomic mass is 19.4. The van der Waals surface area contributed by atoms with Crippen LogP contribution in [0.4, 0.5) is 13.2 Å². The highest BCUT2D eigenvalue weighted by Crippen LogP contribution is 2.31. The Bertz CT molecular complexity index is 685. The van der Waals surface area contributed by atoms with Crippen molar-refractivity contribution < 1.29 is 13.2 Å². The van der Waals surface area contributed by atoms with Crippen molar-refractivity contribution in [2.75, 3.05) is 39.8 Å². The smallest absolute Gasteiger partial charge is 0.304 e. The molecule has 0 bridgehead atoms. The number of halogens is 3. The molecule has 0 unspecified atom stereocenters. The SMILES string of the molecule is CN1CCN(CCCc2ccc(-c3ccc(C(F)(F)F)cc3)cc2)CC1. The largest absolute Gasteiger partial charge is 0.416 e. The Morgan fingerprint density at radius 3 is 1.88 bits per heavy atom. The number of aryl methyl sites for hydroxylation is 1. The van der Waals surface area contributed by atoms with Crippen molar-refractivity contribution in [2.24, 2.45) is 0 Å². The van der Waals surface area contributed by atoms with Gasteiger partial charge in [0.1, 0.15) is 0 Å². The zero-order valence-electron chi connectivity index (χ0n) is 15.1. The lowest BCUT2D eigenvalue weighted by molar-refractivity contribution is -0.137. The second-order valence-electron chi connectivity index (χ2n) is 7.02. The van der Waals surface area contributed by atoms with Crippen LogP contribution < -0.4 is 0 Å². The number of alkyl halides is 3. The van der Waals surface area contributed by atoms with E-state index in [-0.39, 0.29) is 0 Å². The normalized spacial score (nSPS) is 16.8. The quantitative estimate of drug-likeness (QED) is 0.770. The predicted molar refractivity (Wildman–Crippen MR) is 99.1 cm³/mol. The average molecular weight is 362 g/mol. The van der Waals surface area contributed by atoms with Gasteiger partial charge in [-0.25, -0.2) is 0 Å². The predicted octanol–water partition coefficient (Wildman–Crippen LogP) is 4.55. The number of nitrogens with zero attached hydrogens (tertiary/aromatic N) is 2. The summed E-state index contributed by atoms with van der Waals surface area (Å²) in [5.74, 6) is 0. The van der Waals surface area contributed by atoms with Crippen molar-refractivity contribution in [1.29, 1.82) is 0 Å². The van der Waals surface area contributed by atoms with Crippen LogP contribution in [0.2, 0.25) is 0 Å². The van der Waals surface area contributed by atoms with E-state index < -0.39 is 11.7 Å². The molecule has 5 heteroatoms. The van der Waals surface area contributed by atoms with Crippen molar-refractivity contribution in [1.82, 2.24) is 9.80 Å². The van der Waals surface area contributed by atoms with E-state index in [1.165, 1.54) is 17.7 Å². The van der Waals surface area contributed by atoms with E-state index in [9.17, 15) is 13.2 Å². The monoisotopic (exact) mass is 362 g/mol. The molecule has 3 rings (SSSR count). The third-order valence-electron chi connectivity index (χ3n) is 5.04. The first-order valence-electron chi connectivity index (χ1n) is 9.09. The summed E-state index contributed by atoms with van der Waals surface area (Å²) in [4.78, 5) is 4.87. The molecule has 2 aromatic rings. The number of piperazine rings is 1. The minimum atomic E-state index is -4.29. The fourth-order valence-corrected chi connectivity index (χ4v) is 3.29. The summed E-state index contributed by atoms with van der Waals surface area (Å²) >= 11 is 0. The second-order valence-corrected chi connectivity index (χ2v) is 7.02. The summed E-state index contributed by atoms with van der Waals surface area (Å²) in [5, 5.41) is 0. The molecule has 1 saturated heterocycles. The Hall–Kier alpha value is -1.85. The van der Waals surface area contributed by atoms with Gasteiger partial charge in [-0.1, -0.05) is 36.4 Å². The molecule has 2 aromatic carbocycles. The molecule has 0 spiro atoms. The van der Waals surface area contributed by atoms with Gasteiger partial charge in [-0.15, -0.1) is 0 Å². The van der Waals surface area contributed by atoms with E-state index >= 15 is 0 Å². The van der Waals surface area contributed by atoms with Gasteiger partial charge in [0.05, 0.1) is 5.56 Å². The van der Waals surface area contributed by atoms with Gasteiger partial charge in [0.25, 0.3) is 0 Å². The molecule has 2 nitrogen and oxygen atoms in total. The van der Waals surface area contributed by atoms with Gasteiger partial charge < -0.3 is 9.80 Å². The summed E-state index contributed by atoms with van der Waals surface area (Å²) in [6.45, 7) is 5.69. The van der Waals surface area contributed by atoms with Crippen molar-refractivity contribution in [3.8, 4) is 11.1 Å². The highest BCUT2D eigenvalue weighted by molar-refractivity contribution is 5.64. The molecule has 0 saturated carbocycles. The van der Waals surface area contributed by atoms with E-state index in [0.717, 1.165) is 68.8 Å². The van der Waals surface area contributed by atoms with Gasteiger partial charge in [-0.05, 0) is 55.3 Å². The fraction of sp³-hybridized carbons (Fsp3) is 0.429. The molecule has 1 aliphatic heterocycles. The minimum absolute atomic E-state index is 0.609. The molecule has 0 aliphatic carbocycles. The van der Waals surface area contributed by atoms with Crippen molar-refractivity contribution in [3.05, 3.63) is 59.7 Å². The van der Waals surface area contributed by atoms with Gasteiger partial charge in [0, 0.05) is 26.2 Å². The number of rotatable bonds is 5. The van der Waals surface area contributed by atoms with Gasteiger partial charge in [-0.3, -0.25) is 0 Å². The summed E-state index contributed by atoms with van der Waals surface area (Å²) in [5.41, 5.74) is 2.42.